The Balaban J connectivity index is 1.58. The molecular formula is C18H21N3O3. The summed E-state index contributed by atoms with van der Waals surface area (Å²) in [4.78, 5) is 22.2. The van der Waals surface area contributed by atoms with Crippen molar-refractivity contribution in [3.63, 3.8) is 0 Å². The van der Waals surface area contributed by atoms with Crippen molar-refractivity contribution in [1.29, 1.82) is 0 Å². The Hall–Kier alpha value is -2.63. The molecule has 0 atom stereocenters. The first-order valence-corrected chi connectivity index (χ1v) is 8.05. The lowest BCUT2D eigenvalue weighted by molar-refractivity contribution is 0.0594. The first-order valence-electron chi connectivity index (χ1n) is 8.05. The highest BCUT2D eigenvalue weighted by Crippen LogP contribution is 2.21. The van der Waals surface area contributed by atoms with Gasteiger partial charge in [-0.05, 0) is 25.1 Å². The molecule has 1 aromatic carbocycles. The van der Waals surface area contributed by atoms with E-state index in [9.17, 15) is 4.79 Å². The van der Waals surface area contributed by atoms with Gasteiger partial charge in [0, 0.05) is 32.1 Å². The quantitative estimate of drug-likeness (QED) is 0.804. The maximum Gasteiger partial charge on any atom is 0.356 e. The number of piperidine rings is 1. The summed E-state index contributed by atoms with van der Waals surface area (Å²) >= 11 is 0. The average molecular weight is 327 g/mol. The van der Waals surface area contributed by atoms with Gasteiger partial charge in [-0.15, -0.1) is 0 Å². The molecule has 24 heavy (non-hydrogen) atoms. The third-order valence-corrected chi connectivity index (χ3v) is 4.09. The van der Waals surface area contributed by atoms with Crippen LogP contribution >= 0.6 is 0 Å². The largest absolute Gasteiger partial charge is 0.490 e. The second-order valence-corrected chi connectivity index (χ2v) is 5.85. The van der Waals surface area contributed by atoms with Crippen LogP contribution in [0.3, 0.4) is 0 Å². The van der Waals surface area contributed by atoms with Gasteiger partial charge in [0.25, 0.3) is 0 Å². The standard InChI is InChI=1S/C18H21N3O3/c1-13-3-5-14(6-4-13)24-15-8-11-21(12-9-15)18-19-10-7-16(20-18)17(22)23-2/h3-7,10,15H,8-9,11-12H2,1-2H3. The lowest BCUT2D eigenvalue weighted by Crippen LogP contribution is -2.39. The molecule has 6 heteroatoms. The monoisotopic (exact) mass is 327 g/mol. The number of esters is 1. The number of ether oxygens (including phenoxy) is 2. The molecule has 0 amide bonds. The van der Waals surface area contributed by atoms with Gasteiger partial charge in [0.05, 0.1) is 7.11 Å². The number of hydrogen-bond acceptors (Lipinski definition) is 6. The highest BCUT2D eigenvalue weighted by atomic mass is 16.5. The van der Waals surface area contributed by atoms with E-state index < -0.39 is 5.97 Å². The fraction of sp³-hybridized carbons (Fsp3) is 0.389. The van der Waals surface area contributed by atoms with Crippen LogP contribution in [0.15, 0.2) is 36.5 Å². The zero-order valence-electron chi connectivity index (χ0n) is 13.9. The number of carbonyl (C=O) groups excluding carboxylic acids is 1. The molecule has 2 heterocycles. The molecule has 1 saturated heterocycles. The summed E-state index contributed by atoms with van der Waals surface area (Å²) in [5.41, 5.74) is 1.50. The van der Waals surface area contributed by atoms with Crippen LogP contribution in [-0.4, -0.2) is 42.2 Å². The first kappa shape index (κ1) is 16.2. The van der Waals surface area contributed by atoms with Crippen molar-refractivity contribution in [2.24, 2.45) is 0 Å². The molecular weight excluding hydrogens is 306 g/mol. The van der Waals surface area contributed by atoms with Crippen LogP contribution < -0.4 is 9.64 Å². The summed E-state index contributed by atoms with van der Waals surface area (Å²) in [6.45, 7) is 3.65. The van der Waals surface area contributed by atoms with Gasteiger partial charge in [0.1, 0.15) is 11.9 Å². The van der Waals surface area contributed by atoms with Gasteiger partial charge >= 0.3 is 5.97 Å². The summed E-state index contributed by atoms with van der Waals surface area (Å²) in [7, 11) is 1.35. The van der Waals surface area contributed by atoms with Gasteiger partial charge in [-0.2, -0.15) is 0 Å². The molecule has 1 aliphatic rings. The van der Waals surface area contributed by atoms with Gasteiger partial charge in [0.2, 0.25) is 5.95 Å². The lowest BCUT2D eigenvalue weighted by atomic mass is 10.1. The minimum atomic E-state index is -0.448. The molecule has 0 radical (unpaired) electrons. The van der Waals surface area contributed by atoms with Crippen LogP contribution in [0.1, 0.15) is 28.9 Å². The molecule has 0 N–H and O–H groups in total. The number of benzene rings is 1. The Morgan fingerprint density at radius 2 is 1.88 bits per heavy atom. The Bertz CT molecular complexity index is 695. The van der Waals surface area contributed by atoms with E-state index >= 15 is 0 Å². The number of methoxy groups -OCH3 is 1. The van der Waals surface area contributed by atoms with E-state index in [0.29, 0.717) is 5.95 Å². The second kappa shape index (κ2) is 7.29. The van der Waals surface area contributed by atoms with Crippen LogP contribution in [0.25, 0.3) is 0 Å². The number of rotatable bonds is 4. The normalized spacial score (nSPS) is 15.2. The van der Waals surface area contributed by atoms with Gasteiger partial charge < -0.3 is 14.4 Å². The van der Waals surface area contributed by atoms with Crippen LogP contribution in [0.5, 0.6) is 5.75 Å². The predicted octanol–water partition coefficient (Wildman–Crippen LogP) is 2.62. The topological polar surface area (TPSA) is 64.5 Å². The van der Waals surface area contributed by atoms with Crippen molar-refractivity contribution in [3.8, 4) is 5.75 Å². The molecule has 1 fully saturated rings. The number of anilines is 1. The molecule has 126 valence electrons. The number of carbonyl (C=O) groups is 1. The minimum absolute atomic E-state index is 0.188. The van der Waals surface area contributed by atoms with Crippen molar-refractivity contribution >= 4 is 11.9 Å². The average Bonchev–Trinajstić information content (AvgIpc) is 2.64. The maximum absolute atomic E-state index is 11.6. The third kappa shape index (κ3) is 3.82. The summed E-state index contributed by atoms with van der Waals surface area (Å²) in [6.07, 6.45) is 3.55. The van der Waals surface area contributed by atoms with E-state index in [2.05, 4.69) is 33.9 Å². The smallest absolute Gasteiger partial charge is 0.356 e. The van der Waals surface area contributed by atoms with Crippen molar-refractivity contribution in [1.82, 2.24) is 9.97 Å². The number of nitrogens with zero attached hydrogens (tertiary/aromatic N) is 3. The maximum atomic E-state index is 11.6. The molecule has 0 unspecified atom stereocenters. The van der Waals surface area contributed by atoms with Crippen molar-refractivity contribution in [3.05, 3.63) is 47.8 Å². The van der Waals surface area contributed by atoms with Crippen LogP contribution in [0.4, 0.5) is 5.95 Å². The molecule has 0 aliphatic carbocycles. The van der Waals surface area contributed by atoms with Gasteiger partial charge in [-0.3, -0.25) is 0 Å². The molecule has 2 aromatic rings. The van der Waals surface area contributed by atoms with E-state index in [4.69, 9.17) is 9.47 Å². The number of aryl methyl sites for hydroxylation is 1. The summed E-state index contributed by atoms with van der Waals surface area (Å²) in [5, 5.41) is 0. The number of aromatic nitrogens is 2. The molecule has 0 saturated carbocycles. The fourth-order valence-electron chi connectivity index (χ4n) is 2.70. The zero-order chi connectivity index (χ0) is 16.9. The van der Waals surface area contributed by atoms with E-state index in [1.807, 2.05) is 12.1 Å². The molecule has 3 rings (SSSR count). The van der Waals surface area contributed by atoms with Crippen LogP contribution in [0, 0.1) is 6.92 Å². The van der Waals surface area contributed by atoms with Crippen LogP contribution in [-0.2, 0) is 4.74 Å². The SMILES string of the molecule is COC(=O)c1ccnc(N2CCC(Oc3ccc(C)cc3)CC2)n1. The summed E-state index contributed by atoms with van der Waals surface area (Å²) in [5.74, 6) is 1.02. The van der Waals surface area contributed by atoms with E-state index in [-0.39, 0.29) is 11.8 Å². The van der Waals surface area contributed by atoms with Crippen molar-refractivity contribution in [2.45, 2.75) is 25.9 Å². The minimum Gasteiger partial charge on any atom is -0.490 e. The van der Waals surface area contributed by atoms with E-state index in [0.717, 1.165) is 31.7 Å². The third-order valence-electron chi connectivity index (χ3n) is 4.09. The fourth-order valence-corrected chi connectivity index (χ4v) is 2.70. The summed E-state index contributed by atoms with van der Waals surface area (Å²) < 4.78 is 10.7. The Labute approximate surface area is 141 Å². The Morgan fingerprint density at radius 1 is 1.17 bits per heavy atom. The zero-order valence-corrected chi connectivity index (χ0v) is 13.9. The highest BCUT2D eigenvalue weighted by Gasteiger charge is 2.23. The van der Waals surface area contributed by atoms with E-state index in [1.54, 1.807) is 12.3 Å². The molecule has 0 bridgehead atoms. The van der Waals surface area contributed by atoms with Crippen molar-refractivity contribution in [2.75, 3.05) is 25.1 Å². The molecule has 1 aromatic heterocycles. The Morgan fingerprint density at radius 3 is 2.54 bits per heavy atom. The van der Waals surface area contributed by atoms with Crippen LogP contribution in [0.2, 0.25) is 0 Å². The van der Waals surface area contributed by atoms with Gasteiger partial charge in [-0.1, -0.05) is 17.7 Å². The second-order valence-electron chi connectivity index (χ2n) is 5.85. The Kier molecular flexibility index (Phi) is 4.93. The first-order chi connectivity index (χ1) is 11.7. The summed E-state index contributed by atoms with van der Waals surface area (Å²) in [6, 6.07) is 9.67. The molecule has 1 aliphatic heterocycles. The van der Waals surface area contributed by atoms with Gasteiger partial charge in [-0.25, -0.2) is 14.8 Å². The van der Waals surface area contributed by atoms with Gasteiger partial charge in [0.15, 0.2) is 5.69 Å². The lowest BCUT2D eigenvalue weighted by Gasteiger charge is -2.32. The molecule has 6 nitrogen and oxygen atoms in total. The molecule has 0 spiro atoms. The van der Waals surface area contributed by atoms with Crippen molar-refractivity contribution < 1.29 is 14.3 Å². The predicted molar refractivity (Wildman–Crippen MR) is 90.4 cm³/mol. The highest BCUT2D eigenvalue weighted by molar-refractivity contribution is 5.87. The number of hydrogen-bond donors (Lipinski definition) is 0. The van der Waals surface area contributed by atoms with E-state index in [1.165, 1.54) is 12.7 Å².